The molecule has 4 nitrogen and oxygen atoms in total. The van der Waals surface area contributed by atoms with Crippen molar-refractivity contribution in [3.63, 3.8) is 0 Å². The number of fused-ring (bicyclic) bond motifs is 1. The molecule has 3 aromatic rings. The van der Waals surface area contributed by atoms with E-state index in [-0.39, 0.29) is 11.6 Å². The highest BCUT2D eigenvalue weighted by Crippen LogP contribution is 2.33. The van der Waals surface area contributed by atoms with Gasteiger partial charge in [-0.2, -0.15) is 0 Å². The maximum Gasteiger partial charge on any atom is 0.321 e. The Morgan fingerprint density at radius 1 is 1.12 bits per heavy atom. The summed E-state index contributed by atoms with van der Waals surface area (Å²) in [7, 11) is 0. The molecule has 1 aliphatic rings. The quantitative estimate of drug-likeness (QED) is 0.709. The van der Waals surface area contributed by atoms with Gasteiger partial charge in [-0.05, 0) is 43.2 Å². The van der Waals surface area contributed by atoms with Gasteiger partial charge in [0.1, 0.15) is 16.6 Å². The van der Waals surface area contributed by atoms with Gasteiger partial charge in [-0.15, -0.1) is 11.3 Å². The summed E-state index contributed by atoms with van der Waals surface area (Å²) in [5.74, 6) is -1.25. The standard InChI is InChI=1S/C18H15F2N3OS/c19-11-3-5-13(14(20)9-11)17-22-15-10-12(4-6-16(15)25-17)21-18(24)23-7-1-2-8-23/h3-6,9-10H,1-2,7-8H2,(H,21,24). The van der Waals surface area contributed by atoms with Crippen molar-refractivity contribution in [1.82, 2.24) is 9.88 Å². The number of benzene rings is 2. The van der Waals surface area contributed by atoms with E-state index in [0.29, 0.717) is 16.2 Å². The normalized spacial score (nSPS) is 14.2. The number of aromatic nitrogens is 1. The molecule has 1 aliphatic heterocycles. The molecule has 1 saturated heterocycles. The highest BCUT2D eigenvalue weighted by molar-refractivity contribution is 7.21. The minimum atomic E-state index is -0.637. The van der Waals surface area contributed by atoms with Crippen LogP contribution in [0.2, 0.25) is 0 Å². The van der Waals surface area contributed by atoms with Crippen molar-refractivity contribution in [3.8, 4) is 10.6 Å². The van der Waals surface area contributed by atoms with Gasteiger partial charge in [0.25, 0.3) is 0 Å². The van der Waals surface area contributed by atoms with Crippen molar-refractivity contribution in [2.75, 3.05) is 18.4 Å². The Balaban J connectivity index is 1.61. The smallest absolute Gasteiger partial charge is 0.321 e. The third-order valence-electron chi connectivity index (χ3n) is 4.19. The van der Waals surface area contributed by atoms with Crippen molar-refractivity contribution >= 4 is 33.3 Å². The van der Waals surface area contributed by atoms with Crippen molar-refractivity contribution in [1.29, 1.82) is 0 Å². The molecule has 0 unspecified atom stereocenters. The molecule has 0 atom stereocenters. The molecule has 0 aliphatic carbocycles. The van der Waals surface area contributed by atoms with Gasteiger partial charge in [-0.1, -0.05) is 0 Å². The molecule has 2 heterocycles. The Hall–Kier alpha value is -2.54. The Kier molecular flexibility index (Phi) is 4.09. The van der Waals surface area contributed by atoms with Crippen molar-refractivity contribution in [2.24, 2.45) is 0 Å². The first-order valence-electron chi connectivity index (χ1n) is 8.02. The van der Waals surface area contributed by atoms with Gasteiger partial charge in [0.05, 0.1) is 10.2 Å². The van der Waals surface area contributed by atoms with Crippen LogP contribution in [-0.2, 0) is 0 Å². The molecule has 1 N–H and O–H groups in total. The van der Waals surface area contributed by atoms with Crippen LogP contribution in [0.1, 0.15) is 12.8 Å². The predicted molar refractivity (Wildman–Crippen MR) is 94.8 cm³/mol. The number of carbonyl (C=O) groups is 1. The summed E-state index contributed by atoms with van der Waals surface area (Å²) < 4.78 is 27.9. The zero-order valence-corrected chi connectivity index (χ0v) is 14.1. The lowest BCUT2D eigenvalue weighted by Crippen LogP contribution is -2.32. The van der Waals surface area contributed by atoms with E-state index in [1.165, 1.54) is 23.5 Å². The van der Waals surface area contributed by atoms with Crippen molar-refractivity contribution in [2.45, 2.75) is 12.8 Å². The van der Waals surface area contributed by atoms with Gasteiger partial charge in [0.15, 0.2) is 0 Å². The maximum absolute atomic E-state index is 14.0. The Morgan fingerprint density at radius 3 is 2.68 bits per heavy atom. The fourth-order valence-corrected chi connectivity index (χ4v) is 3.88. The summed E-state index contributed by atoms with van der Waals surface area (Å²) in [6, 6.07) is 8.76. The first-order valence-corrected chi connectivity index (χ1v) is 8.84. The minimum absolute atomic E-state index is 0.114. The molecule has 0 bridgehead atoms. The van der Waals surface area contributed by atoms with E-state index >= 15 is 0 Å². The van der Waals surface area contributed by atoms with Gasteiger partial charge >= 0.3 is 6.03 Å². The van der Waals surface area contributed by atoms with E-state index in [4.69, 9.17) is 0 Å². The van der Waals surface area contributed by atoms with Gasteiger partial charge < -0.3 is 10.2 Å². The number of carbonyl (C=O) groups excluding carboxylic acids is 1. The fourth-order valence-electron chi connectivity index (χ4n) is 2.91. The summed E-state index contributed by atoms with van der Waals surface area (Å²) in [5.41, 5.74) is 1.59. The van der Waals surface area contributed by atoms with E-state index < -0.39 is 11.6 Å². The van der Waals surface area contributed by atoms with Gasteiger partial charge in [-0.3, -0.25) is 0 Å². The number of anilines is 1. The molecule has 0 spiro atoms. The number of hydrogen-bond donors (Lipinski definition) is 1. The highest BCUT2D eigenvalue weighted by atomic mass is 32.1. The first-order chi connectivity index (χ1) is 12.1. The number of urea groups is 1. The molecule has 0 radical (unpaired) electrons. The Bertz CT molecular complexity index is 951. The van der Waals surface area contributed by atoms with Crippen LogP contribution in [0.5, 0.6) is 0 Å². The van der Waals surface area contributed by atoms with E-state index in [0.717, 1.165) is 36.7 Å². The molecular formula is C18H15F2N3OS. The first kappa shape index (κ1) is 16.0. The largest absolute Gasteiger partial charge is 0.325 e. The summed E-state index contributed by atoms with van der Waals surface area (Å²) in [6.45, 7) is 1.55. The number of thiazole rings is 1. The third kappa shape index (κ3) is 3.19. The summed E-state index contributed by atoms with van der Waals surface area (Å²) >= 11 is 1.33. The molecule has 0 saturated carbocycles. The van der Waals surface area contributed by atoms with Crippen molar-refractivity contribution in [3.05, 3.63) is 48.0 Å². The second kappa shape index (κ2) is 6.40. The lowest BCUT2D eigenvalue weighted by Gasteiger charge is -2.16. The van der Waals surface area contributed by atoms with E-state index in [2.05, 4.69) is 10.3 Å². The number of hydrogen-bond acceptors (Lipinski definition) is 3. The molecule has 128 valence electrons. The molecule has 7 heteroatoms. The molecule has 4 rings (SSSR count). The zero-order valence-electron chi connectivity index (χ0n) is 13.3. The predicted octanol–water partition coefficient (Wildman–Crippen LogP) is 4.87. The molecular weight excluding hydrogens is 344 g/mol. The lowest BCUT2D eigenvalue weighted by atomic mass is 10.2. The van der Waals surface area contributed by atoms with E-state index in [1.54, 1.807) is 17.0 Å². The number of nitrogens with zero attached hydrogens (tertiary/aromatic N) is 2. The van der Waals surface area contributed by atoms with Crippen LogP contribution in [-0.4, -0.2) is 29.0 Å². The van der Waals surface area contributed by atoms with Gasteiger partial charge in [-0.25, -0.2) is 18.6 Å². The average molecular weight is 359 g/mol. The van der Waals surface area contributed by atoms with Crippen LogP contribution < -0.4 is 5.32 Å². The Labute approximate surface area is 147 Å². The average Bonchev–Trinajstić information content (AvgIpc) is 3.24. The molecule has 1 aromatic heterocycles. The SMILES string of the molecule is O=C(Nc1ccc2sc(-c3ccc(F)cc3F)nc2c1)N1CCCC1. The van der Waals surface area contributed by atoms with E-state index in [1.807, 2.05) is 6.07 Å². The fraction of sp³-hybridized carbons (Fsp3) is 0.222. The third-order valence-corrected chi connectivity index (χ3v) is 5.26. The zero-order chi connectivity index (χ0) is 17.4. The number of halogens is 2. The van der Waals surface area contributed by atoms with Crippen LogP contribution in [0.3, 0.4) is 0 Å². The van der Waals surface area contributed by atoms with Crippen LogP contribution in [0, 0.1) is 11.6 Å². The highest BCUT2D eigenvalue weighted by Gasteiger charge is 2.18. The maximum atomic E-state index is 14.0. The second-order valence-electron chi connectivity index (χ2n) is 5.95. The summed E-state index contributed by atoms with van der Waals surface area (Å²) in [4.78, 5) is 18.4. The van der Waals surface area contributed by atoms with Crippen LogP contribution in [0.15, 0.2) is 36.4 Å². The second-order valence-corrected chi connectivity index (χ2v) is 6.98. The monoisotopic (exact) mass is 359 g/mol. The number of likely N-dealkylation sites (tertiary alicyclic amines) is 1. The van der Waals surface area contributed by atoms with E-state index in [9.17, 15) is 13.6 Å². The van der Waals surface area contributed by atoms with Crippen molar-refractivity contribution < 1.29 is 13.6 Å². The molecule has 25 heavy (non-hydrogen) atoms. The van der Waals surface area contributed by atoms with Crippen LogP contribution in [0.25, 0.3) is 20.8 Å². The Morgan fingerprint density at radius 2 is 1.92 bits per heavy atom. The lowest BCUT2D eigenvalue weighted by molar-refractivity contribution is 0.222. The van der Waals surface area contributed by atoms with Crippen LogP contribution >= 0.6 is 11.3 Å². The topological polar surface area (TPSA) is 45.2 Å². The van der Waals surface area contributed by atoms with Gasteiger partial charge in [0, 0.05) is 30.4 Å². The number of nitrogens with one attached hydrogen (secondary N) is 1. The molecule has 2 amide bonds. The minimum Gasteiger partial charge on any atom is -0.325 e. The van der Waals surface area contributed by atoms with Crippen LogP contribution in [0.4, 0.5) is 19.3 Å². The summed E-state index contributed by atoms with van der Waals surface area (Å²) in [6.07, 6.45) is 2.07. The van der Waals surface area contributed by atoms with Gasteiger partial charge in [0.2, 0.25) is 0 Å². The molecule has 1 fully saturated rings. The number of rotatable bonds is 2. The number of amides is 2. The summed E-state index contributed by atoms with van der Waals surface area (Å²) in [5, 5.41) is 3.35. The molecule has 2 aromatic carbocycles.